The van der Waals surface area contributed by atoms with Crippen molar-refractivity contribution in [2.24, 2.45) is 0 Å². The molecular formula is C53H88O6. The van der Waals surface area contributed by atoms with Crippen molar-refractivity contribution in [2.75, 3.05) is 13.2 Å². The number of carbonyl (C=O) groups excluding carboxylic acids is 3. The highest BCUT2D eigenvalue weighted by molar-refractivity contribution is 5.71. The summed E-state index contributed by atoms with van der Waals surface area (Å²) in [5, 5.41) is 0. The highest BCUT2D eigenvalue weighted by Gasteiger charge is 2.19. The van der Waals surface area contributed by atoms with Crippen LogP contribution in [0.2, 0.25) is 0 Å². The van der Waals surface area contributed by atoms with E-state index in [4.69, 9.17) is 14.2 Å². The van der Waals surface area contributed by atoms with E-state index >= 15 is 0 Å². The first-order chi connectivity index (χ1) is 29.0. The fraction of sp³-hybridized carbons (Fsp3) is 0.679. The van der Waals surface area contributed by atoms with Crippen molar-refractivity contribution in [2.45, 2.75) is 219 Å². The molecule has 0 saturated carbocycles. The van der Waals surface area contributed by atoms with Gasteiger partial charge in [0.2, 0.25) is 0 Å². The van der Waals surface area contributed by atoms with E-state index < -0.39 is 6.10 Å². The average Bonchev–Trinajstić information content (AvgIpc) is 3.23. The second-order valence-corrected chi connectivity index (χ2v) is 15.8. The van der Waals surface area contributed by atoms with Gasteiger partial charge in [0.15, 0.2) is 6.10 Å². The van der Waals surface area contributed by atoms with Gasteiger partial charge in [0.1, 0.15) is 13.2 Å². The minimum absolute atomic E-state index is 0.106. The summed E-state index contributed by atoms with van der Waals surface area (Å²) in [4.78, 5) is 37.8. The van der Waals surface area contributed by atoms with Gasteiger partial charge in [-0.25, -0.2) is 0 Å². The lowest BCUT2D eigenvalue weighted by Gasteiger charge is -2.18. The molecule has 1 unspecified atom stereocenters. The molecular weight excluding hydrogens is 733 g/mol. The van der Waals surface area contributed by atoms with E-state index in [2.05, 4.69) is 45.1 Å². The number of hydrogen-bond donors (Lipinski definition) is 0. The molecule has 59 heavy (non-hydrogen) atoms. The summed E-state index contributed by atoms with van der Waals surface area (Å²) < 4.78 is 16.7. The van der Waals surface area contributed by atoms with Crippen LogP contribution in [0.5, 0.6) is 0 Å². The quantitative estimate of drug-likeness (QED) is 0.0201. The Bertz CT molecular complexity index is 1170. The predicted octanol–water partition coefficient (Wildman–Crippen LogP) is 15.6. The van der Waals surface area contributed by atoms with E-state index in [0.29, 0.717) is 25.7 Å². The normalized spacial score (nSPS) is 12.8. The van der Waals surface area contributed by atoms with Crippen LogP contribution in [0.1, 0.15) is 213 Å². The topological polar surface area (TPSA) is 78.9 Å². The van der Waals surface area contributed by atoms with E-state index in [1.165, 1.54) is 103 Å². The zero-order chi connectivity index (χ0) is 43.0. The average molecular weight is 821 g/mol. The lowest BCUT2D eigenvalue weighted by atomic mass is 10.0. The fourth-order valence-electron chi connectivity index (χ4n) is 6.42. The first-order valence-corrected chi connectivity index (χ1v) is 24.2. The largest absolute Gasteiger partial charge is 0.462 e. The van der Waals surface area contributed by atoms with Crippen molar-refractivity contribution in [3.05, 3.63) is 85.1 Å². The van der Waals surface area contributed by atoms with Crippen molar-refractivity contribution < 1.29 is 28.6 Å². The lowest BCUT2D eigenvalue weighted by Crippen LogP contribution is -2.30. The molecule has 0 aromatic rings. The summed E-state index contributed by atoms with van der Waals surface area (Å²) in [6.45, 7) is 6.39. The maximum atomic E-state index is 12.7. The zero-order valence-corrected chi connectivity index (χ0v) is 38.2. The van der Waals surface area contributed by atoms with E-state index in [9.17, 15) is 14.4 Å². The number of allylic oxidation sites excluding steroid dienone is 14. The van der Waals surface area contributed by atoms with Crippen molar-refractivity contribution in [3.8, 4) is 0 Å². The molecule has 0 aliphatic rings. The molecule has 336 valence electrons. The van der Waals surface area contributed by atoms with E-state index in [1.807, 2.05) is 60.8 Å². The molecule has 0 aromatic carbocycles. The summed E-state index contributed by atoms with van der Waals surface area (Å²) in [7, 11) is 0. The fourth-order valence-corrected chi connectivity index (χ4v) is 6.42. The molecule has 0 radical (unpaired) electrons. The molecule has 1 atom stereocenters. The lowest BCUT2D eigenvalue weighted by molar-refractivity contribution is -0.167. The number of unbranched alkanes of at least 4 members (excludes halogenated alkanes) is 22. The maximum absolute atomic E-state index is 12.7. The van der Waals surface area contributed by atoms with Crippen LogP contribution in [-0.2, 0) is 28.6 Å². The molecule has 0 aliphatic heterocycles. The van der Waals surface area contributed by atoms with Crippen LogP contribution < -0.4 is 0 Å². The number of esters is 3. The highest BCUT2D eigenvalue weighted by Crippen LogP contribution is 2.15. The molecule has 0 bridgehead atoms. The minimum Gasteiger partial charge on any atom is -0.462 e. The Morgan fingerprint density at radius 3 is 1.17 bits per heavy atom. The highest BCUT2D eigenvalue weighted by atomic mass is 16.6. The van der Waals surface area contributed by atoms with Gasteiger partial charge in [-0.15, -0.1) is 0 Å². The SMILES string of the molecule is CC\C=C/C=C\C=C/C=C\C=C\C=C/CCCCCC(=O)OCC(COC(=O)CCC/C=C\CCCCCC)OC(=O)CCCCCCCCCCCCCCCCC. The van der Waals surface area contributed by atoms with E-state index in [-0.39, 0.29) is 31.1 Å². The van der Waals surface area contributed by atoms with Gasteiger partial charge in [-0.3, -0.25) is 14.4 Å². The summed E-state index contributed by atoms with van der Waals surface area (Å²) in [6.07, 6.45) is 60.0. The van der Waals surface area contributed by atoms with Gasteiger partial charge in [0.25, 0.3) is 0 Å². The summed E-state index contributed by atoms with van der Waals surface area (Å²) >= 11 is 0. The third kappa shape index (κ3) is 45.5. The van der Waals surface area contributed by atoms with Gasteiger partial charge in [-0.05, 0) is 57.8 Å². The van der Waals surface area contributed by atoms with Crippen molar-refractivity contribution >= 4 is 17.9 Å². The standard InChI is InChI=1S/C53H88O6/c1-4-7-10-13-16-19-21-23-25-26-28-29-31-34-37-40-43-46-52(55)58-49-50(48-57-51(54)45-42-39-36-33-18-15-12-9-6-3)59-53(56)47-44-41-38-35-32-30-27-24-22-20-17-14-11-8-5-2/h7,10,13,16,19,21,23,25-26,28-29,31,33,36,50H,4-6,8-9,11-12,14-15,17-18,20,22,24,27,30,32,34-35,37-49H2,1-3H3/b10-7-,16-13-,21-19-,25-23-,28-26+,31-29-,36-33-. The first kappa shape index (κ1) is 55.6. The van der Waals surface area contributed by atoms with E-state index in [0.717, 1.165) is 64.2 Å². The Balaban J connectivity index is 4.46. The maximum Gasteiger partial charge on any atom is 0.306 e. The van der Waals surface area contributed by atoms with Crippen LogP contribution >= 0.6 is 0 Å². The van der Waals surface area contributed by atoms with Crippen LogP contribution in [0.25, 0.3) is 0 Å². The van der Waals surface area contributed by atoms with Crippen molar-refractivity contribution in [1.82, 2.24) is 0 Å². The molecule has 6 nitrogen and oxygen atoms in total. The molecule has 0 heterocycles. The van der Waals surface area contributed by atoms with Crippen LogP contribution in [0.3, 0.4) is 0 Å². The molecule has 0 N–H and O–H groups in total. The first-order valence-electron chi connectivity index (χ1n) is 24.2. The summed E-state index contributed by atoms with van der Waals surface area (Å²) in [6, 6.07) is 0. The second kappa shape index (κ2) is 47.3. The Morgan fingerprint density at radius 1 is 0.356 bits per heavy atom. The second-order valence-electron chi connectivity index (χ2n) is 15.8. The Labute approximate surface area is 363 Å². The smallest absolute Gasteiger partial charge is 0.306 e. The van der Waals surface area contributed by atoms with Gasteiger partial charge in [-0.1, -0.05) is 221 Å². The third-order valence-electron chi connectivity index (χ3n) is 10.0. The van der Waals surface area contributed by atoms with E-state index in [1.54, 1.807) is 0 Å². The number of ether oxygens (including phenoxy) is 3. The van der Waals surface area contributed by atoms with Crippen LogP contribution in [0.4, 0.5) is 0 Å². The van der Waals surface area contributed by atoms with Gasteiger partial charge in [0, 0.05) is 19.3 Å². The van der Waals surface area contributed by atoms with Crippen LogP contribution in [0.15, 0.2) is 85.1 Å². The number of carbonyl (C=O) groups is 3. The minimum atomic E-state index is -0.802. The summed E-state index contributed by atoms with van der Waals surface area (Å²) in [5.74, 6) is -0.984. The summed E-state index contributed by atoms with van der Waals surface area (Å²) in [5.41, 5.74) is 0. The monoisotopic (exact) mass is 821 g/mol. The van der Waals surface area contributed by atoms with Gasteiger partial charge in [0.05, 0.1) is 0 Å². The van der Waals surface area contributed by atoms with Gasteiger partial charge >= 0.3 is 17.9 Å². The molecule has 0 amide bonds. The molecule has 6 heteroatoms. The molecule has 0 fully saturated rings. The molecule has 0 saturated heterocycles. The van der Waals surface area contributed by atoms with Crippen molar-refractivity contribution in [3.63, 3.8) is 0 Å². The molecule has 0 spiro atoms. The number of rotatable bonds is 42. The molecule has 0 rings (SSSR count). The third-order valence-corrected chi connectivity index (χ3v) is 10.0. The van der Waals surface area contributed by atoms with Crippen LogP contribution in [0, 0.1) is 0 Å². The molecule has 0 aliphatic carbocycles. The number of hydrogen-bond acceptors (Lipinski definition) is 6. The van der Waals surface area contributed by atoms with Crippen LogP contribution in [-0.4, -0.2) is 37.2 Å². The Morgan fingerprint density at radius 2 is 0.695 bits per heavy atom. The van der Waals surface area contributed by atoms with Crippen molar-refractivity contribution in [1.29, 1.82) is 0 Å². The Kier molecular flexibility index (Phi) is 44.5. The predicted molar refractivity (Wildman–Crippen MR) is 251 cm³/mol. The Hall–Kier alpha value is -3.41. The zero-order valence-electron chi connectivity index (χ0n) is 38.2. The van der Waals surface area contributed by atoms with Gasteiger partial charge in [-0.2, -0.15) is 0 Å². The van der Waals surface area contributed by atoms with Gasteiger partial charge < -0.3 is 14.2 Å². The molecule has 0 aromatic heterocycles.